The van der Waals surface area contributed by atoms with Gasteiger partial charge in [-0.1, -0.05) is 45.9 Å². The van der Waals surface area contributed by atoms with Gasteiger partial charge in [-0.25, -0.2) is 0 Å². The van der Waals surface area contributed by atoms with Crippen molar-refractivity contribution < 1.29 is 4.74 Å². The highest BCUT2D eigenvalue weighted by atomic mass is 16.5. The summed E-state index contributed by atoms with van der Waals surface area (Å²) in [6.07, 6.45) is 1.14. The third-order valence-electron chi connectivity index (χ3n) is 2.97. The van der Waals surface area contributed by atoms with Crippen molar-refractivity contribution in [2.24, 2.45) is 0 Å². The number of hydrogen-bond acceptors (Lipinski definition) is 2. The van der Waals surface area contributed by atoms with Crippen LogP contribution in [0.2, 0.25) is 0 Å². The van der Waals surface area contributed by atoms with Gasteiger partial charge in [-0.15, -0.1) is 0 Å². The van der Waals surface area contributed by atoms with E-state index in [1.165, 1.54) is 5.56 Å². The van der Waals surface area contributed by atoms with E-state index in [2.05, 4.69) is 51.2 Å². The van der Waals surface area contributed by atoms with Gasteiger partial charge in [-0.05, 0) is 24.0 Å². The molecule has 17 heavy (non-hydrogen) atoms. The molecule has 0 radical (unpaired) electrons. The van der Waals surface area contributed by atoms with Crippen molar-refractivity contribution in [1.82, 2.24) is 5.32 Å². The molecule has 0 amide bonds. The molecule has 0 aliphatic rings. The first-order chi connectivity index (χ1) is 8.15. The lowest BCUT2D eigenvalue weighted by Gasteiger charge is -2.16. The fraction of sp³-hybridized carbons (Fsp3) is 0.600. The SMILES string of the molecule is CCC(C)c1ccccc1OCCNC(C)C. The highest BCUT2D eigenvalue weighted by Crippen LogP contribution is 2.28. The van der Waals surface area contributed by atoms with Gasteiger partial charge in [-0.2, -0.15) is 0 Å². The molecule has 1 aromatic carbocycles. The van der Waals surface area contributed by atoms with Gasteiger partial charge in [-0.3, -0.25) is 0 Å². The monoisotopic (exact) mass is 235 g/mol. The average Bonchev–Trinajstić information content (AvgIpc) is 2.34. The summed E-state index contributed by atoms with van der Waals surface area (Å²) in [5.74, 6) is 1.59. The van der Waals surface area contributed by atoms with Crippen LogP contribution in [0.1, 0.15) is 45.6 Å². The number of para-hydroxylation sites is 1. The van der Waals surface area contributed by atoms with E-state index in [4.69, 9.17) is 4.74 Å². The Morgan fingerprint density at radius 3 is 2.53 bits per heavy atom. The van der Waals surface area contributed by atoms with Gasteiger partial charge >= 0.3 is 0 Å². The van der Waals surface area contributed by atoms with Gasteiger partial charge < -0.3 is 10.1 Å². The van der Waals surface area contributed by atoms with E-state index in [1.54, 1.807) is 0 Å². The first-order valence-electron chi connectivity index (χ1n) is 6.60. The van der Waals surface area contributed by atoms with Gasteiger partial charge in [0.05, 0.1) is 0 Å². The van der Waals surface area contributed by atoms with Crippen molar-refractivity contribution in [3.63, 3.8) is 0 Å². The fourth-order valence-electron chi connectivity index (χ4n) is 1.75. The molecule has 0 aliphatic heterocycles. The topological polar surface area (TPSA) is 21.3 Å². The first-order valence-corrected chi connectivity index (χ1v) is 6.60. The predicted molar refractivity (Wildman–Crippen MR) is 73.8 cm³/mol. The molecule has 0 fully saturated rings. The standard InChI is InChI=1S/C15H25NO/c1-5-13(4)14-8-6-7-9-15(14)17-11-10-16-12(2)3/h6-9,12-13,16H,5,10-11H2,1-4H3. The second-order valence-corrected chi connectivity index (χ2v) is 4.80. The van der Waals surface area contributed by atoms with Gasteiger partial charge in [0.25, 0.3) is 0 Å². The lowest BCUT2D eigenvalue weighted by Crippen LogP contribution is -2.27. The van der Waals surface area contributed by atoms with E-state index >= 15 is 0 Å². The molecular formula is C15H25NO. The lowest BCUT2D eigenvalue weighted by atomic mass is 9.98. The van der Waals surface area contributed by atoms with Crippen LogP contribution in [0.5, 0.6) is 5.75 Å². The Hall–Kier alpha value is -1.02. The van der Waals surface area contributed by atoms with E-state index in [0.29, 0.717) is 12.0 Å². The summed E-state index contributed by atoms with van der Waals surface area (Å²) in [5, 5.41) is 3.35. The zero-order valence-corrected chi connectivity index (χ0v) is 11.5. The van der Waals surface area contributed by atoms with Crippen molar-refractivity contribution in [3.05, 3.63) is 29.8 Å². The Morgan fingerprint density at radius 1 is 1.18 bits per heavy atom. The largest absolute Gasteiger partial charge is 0.492 e. The molecule has 1 unspecified atom stereocenters. The quantitative estimate of drug-likeness (QED) is 0.729. The molecule has 0 aliphatic carbocycles. The molecule has 2 heteroatoms. The molecule has 0 bridgehead atoms. The highest BCUT2D eigenvalue weighted by molar-refractivity contribution is 5.35. The third kappa shape index (κ3) is 4.78. The molecule has 1 rings (SSSR count). The summed E-state index contributed by atoms with van der Waals surface area (Å²) in [7, 11) is 0. The zero-order valence-electron chi connectivity index (χ0n) is 11.5. The smallest absolute Gasteiger partial charge is 0.122 e. The van der Waals surface area contributed by atoms with Gasteiger partial charge in [0.15, 0.2) is 0 Å². The second-order valence-electron chi connectivity index (χ2n) is 4.80. The van der Waals surface area contributed by atoms with Crippen molar-refractivity contribution in [1.29, 1.82) is 0 Å². The molecule has 1 aromatic rings. The minimum absolute atomic E-state index is 0.517. The van der Waals surface area contributed by atoms with Crippen molar-refractivity contribution in [3.8, 4) is 5.75 Å². The van der Waals surface area contributed by atoms with Crippen molar-refractivity contribution >= 4 is 0 Å². The molecule has 0 saturated heterocycles. The second kappa shape index (κ2) is 7.33. The number of rotatable bonds is 7. The Kier molecular flexibility index (Phi) is 6.06. The molecule has 96 valence electrons. The maximum atomic E-state index is 5.85. The molecule has 0 saturated carbocycles. The minimum atomic E-state index is 0.517. The summed E-state index contributed by atoms with van der Waals surface area (Å²) in [6.45, 7) is 10.4. The van der Waals surface area contributed by atoms with E-state index < -0.39 is 0 Å². The van der Waals surface area contributed by atoms with Crippen LogP contribution in [0.4, 0.5) is 0 Å². The molecule has 0 spiro atoms. The average molecular weight is 235 g/mol. The van der Waals surface area contributed by atoms with Crippen LogP contribution < -0.4 is 10.1 Å². The summed E-state index contributed by atoms with van der Waals surface area (Å²) in [4.78, 5) is 0. The van der Waals surface area contributed by atoms with E-state index in [9.17, 15) is 0 Å². The van der Waals surface area contributed by atoms with Crippen molar-refractivity contribution in [2.45, 2.75) is 46.1 Å². The maximum absolute atomic E-state index is 5.85. The zero-order chi connectivity index (χ0) is 12.7. The van der Waals surface area contributed by atoms with Gasteiger partial charge in [0, 0.05) is 12.6 Å². The number of benzene rings is 1. The third-order valence-corrected chi connectivity index (χ3v) is 2.97. The fourth-order valence-corrected chi connectivity index (χ4v) is 1.75. The minimum Gasteiger partial charge on any atom is -0.492 e. The Bertz CT molecular complexity index is 322. The van der Waals surface area contributed by atoms with Gasteiger partial charge in [0.1, 0.15) is 12.4 Å². The van der Waals surface area contributed by atoms with E-state index in [0.717, 1.165) is 25.3 Å². The summed E-state index contributed by atoms with van der Waals surface area (Å²) in [5.41, 5.74) is 1.32. The van der Waals surface area contributed by atoms with Crippen LogP contribution in [0.15, 0.2) is 24.3 Å². The van der Waals surface area contributed by atoms with Crippen molar-refractivity contribution in [2.75, 3.05) is 13.2 Å². The summed E-state index contributed by atoms with van der Waals surface area (Å²) >= 11 is 0. The van der Waals surface area contributed by atoms with Crippen LogP contribution in [-0.2, 0) is 0 Å². The number of ether oxygens (including phenoxy) is 1. The molecule has 2 nitrogen and oxygen atoms in total. The Balaban J connectivity index is 2.52. The summed E-state index contributed by atoms with van der Waals surface area (Å²) in [6, 6.07) is 8.87. The molecule has 0 heterocycles. The summed E-state index contributed by atoms with van der Waals surface area (Å²) < 4.78 is 5.85. The maximum Gasteiger partial charge on any atom is 0.122 e. The molecular weight excluding hydrogens is 210 g/mol. The van der Waals surface area contributed by atoms with Crippen LogP contribution in [0.25, 0.3) is 0 Å². The predicted octanol–water partition coefficient (Wildman–Crippen LogP) is 3.58. The van der Waals surface area contributed by atoms with Gasteiger partial charge in [0.2, 0.25) is 0 Å². The highest BCUT2D eigenvalue weighted by Gasteiger charge is 2.08. The molecule has 1 atom stereocenters. The molecule has 1 N–H and O–H groups in total. The number of nitrogens with one attached hydrogen (secondary N) is 1. The van der Waals surface area contributed by atoms with Crippen LogP contribution in [-0.4, -0.2) is 19.2 Å². The Labute approximate surface area is 105 Å². The molecule has 0 aromatic heterocycles. The van der Waals surface area contributed by atoms with Crippen LogP contribution in [0, 0.1) is 0 Å². The van der Waals surface area contributed by atoms with Crippen LogP contribution >= 0.6 is 0 Å². The Morgan fingerprint density at radius 2 is 1.88 bits per heavy atom. The van der Waals surface area contributed by atoms with E-state index in [-0.39, 0.29) is 0 Å². The number of hydrogen-bond donors (Lipinski definition) is 1. The lowest BCUT2D eigenvalue weighted by molar-refractivity contribution is 0.304. The first kappa shape index (κ1) is 14.0. The normalized spacial score (nSPS) is 12.8. The van der Waals surface area contributed by atoms with E-state index in [1.807, 2.05) is 6.07 Å². The van der Waals surface area contributed by atoms with Crippen LogP contribution in [0.3, 0.4) is 0 Å².